The first-order chi connectivity index (χ1) is 12.1. The summed E-state index contributed by atoms with van der Waals surface area (Å²) in [5, 5.41) is 5.32. The molecule has 25 heavy (non-hydrogen) atoms. The van der Waals surface area contributed by atoms with Crippen LogP contribution in [0, 0.1) is 5.82 Å². The van der Waals surface area contributed by atoms with E-state index >= 15 is 0 Å². The van der Waals surface area contributed by atoms with Gasteiger partial charge in [0.2, 0.25) is 5.91 Å². The van der Waals surface area contributed by atoms with Gasteiger partial charge in [0.05, 0.1) is 23.4 Å². The molecule has 1 saturated heterocycles. The first-order valence-corrected chi connectivity index (χ1v) is 8.40. The number of nitrogens with two attached hydrogens (primary N) is 1. The first-order valence-electron chi connectivity index (χ1n) is 8.40. The molecule has 0 saturated carbocycles. The Morgan fingerprint density at radius 3 is 2.64 bits per heavy atom. The molecule has 1 unspecified atom stereocenters. The number of nitrogens with zero attached hydrogens (tertiary/aromatic N) is 3. The van der Waals surface area contributed by atoms with Gasteiger partial charge in [0.1, 0.15) is 5.82 Å². The molecule has 1 aromatic heterocycles. The van der Waals surface area contributed by atoms with Gasteiger partial charge in [-0.15, -0.1) is 0 Å². The van der Waals surface area contributed by atoms with Gasteiger partial charge in [-0.25, -0.2) is 9.07 Å². The fourth-order valence-electron chi connectivity index (χ4n) is 3.59. The lowest BCUT2D eigenvalue weighted by Crippen LogP contribution is -2.39. The summed E-state index contributed by atoms with van der Waals surface area (Å²) in [6.45, 7) is 2.04. The van der Waals surface area contributed by atoms with E-state index in [1.165, 1.54) is 12.1 Å². The molecule has 2 atom stereocenters. The van der Waals surface area contributed by atoms with Crippen LogP contribution in [0.25, 0.3) is 16.6 Å². The molecule has 1 amide bonds. The van der Waals surface area contributed by atoms with Crippen molar-refractivity contribution in [3.05, 3.63) is 54.5 Å². The second-order valence-electron chi connectivity index (χ2n) is 6.38. The van der Waals surface area contributed by atoms with E-state index < -0.39 is 0 Å². The van der Waals surface area contributed by atoms with Crippen LogP contribution in [0.15, 0.2) is 48.7 Å². The van der Waals surface area contributed by atoms with Crippen LogP contribution in [-0.2, 0) is 4.79 Å². The van der Waals surface area contributed by atoms with Crippen LogP contribution in [0.1, 0.15) is 19.8 Å². The molecule has 1 aliphatic heterocycles. The quantitative estimate of drug-likeness (QED) is 0.798. The van der Waals surface area contributed by atoms with Crippen molar-refractivity contribution in [3.63, 3.8) is 0 Å². The summed E-state index contributed by atoms with van der Waals surface area (Å²) in [6, 6.07) is 11.9. The number of halogens is 1. The fraction of sp³-hybridized carbons (Fsp3) is 0.263. The molecule has 0 bridgehead atoms. The van der Waals surface area contributed by atoms with Gasteiger partial charge in [-0.05, 0) is 48.9 Å². The van der Waals surface area contributed by atoms with Gasteiger partial charge in [0.25, 0.3) is 0 Å². The number of amides is 1. The highest BCUT2D eigenvalue weighted by Crippen LogP contribution is 2.31. The number of benzene rings is 2. The van der Waals surface area contributed by atoms with Gasteiger partial charge in [-0.2, -0.15) is 5.10 Å². The van der Waals surface area contributed by atoms with Crippen molar-refractivity contribution in [2.24, 2.45) is 5.73 Å². The highest BCUT2D eigenvalue weighted by Gasteiger charge is 2.37. The third kappa shape index (κ3) is 2.59. The van der Waals surface area contributed by atoms with Gasteiger partial charge in [0.15, 0.2) is 0 Å². The summed E-state index contributed by atoms with van der Waals surface area (Å²) in [5.41, 5.74) is 8.64. The largest absolute Gasteiger partial charge is 0.325 e. The number of carbonyl (C=O) groups is 1. The standard InChI is InChI=1S/C19H19FN4O/c1-2-17-16(21)10-19(25)23(17)15-7-8-18-12(9-15)11-22-24(18)14-5-3-13(20)4-6-14/h3-9,11,16-17H,2,10,21H2,1H3/t16-,17?/m0/s1. The number of carbonyl (C=O) groups excluding carboxylic acids is 1. The summed E-state index contributed by atoms with van der Waals surface area (Å²) in [4.78, 5) is 14.1. The van der Waals surface area contributed by atoms with Crippen LogP contribution in [0.4, 0.5) is 10.1 Å². The molecule has 1 fully saturated rings. The maximum Gasteiger partial charge on any atom is 0.228 e. The average molecular weight is 338 g/mol. The highest BCUT2D eigenvalue weighted by atomic mass is 19.1. The molecule has 0 aliphatic carbocycles. The second-order valence-corrected chi connectivity index (χ2v) is 6.38. The summed E-state index contributed by atoms with van der Waals surface area (Å²) in [5.74, 6) is -0.221. The van der Waals surface area contributed by atoms with Crippen LogP contribution >= 0.6 is 0 Å². The highest BCUT2D eigenvalue weighted by molar-refractivity contribution is 5.99. The van der Waals surface area contributed by atoms with Crippen LogP contribution in [0.2, 0.25) is 0 Å². The maximum atomic E-state index is 13.1. The van der Waals surface area contributed by atoms with Crippen molar-refractivity contribution < 1.29 is 9.18 Å². The number of hydrogen-bond acceptors (Lipinski definition) is 3. The van der Waals surface area contributed by atoms with Crippen LogP contribution in [-0.4, -0.2) is 27.8 Å². The Morgan fingerprint density at radius 1 is 1.20 bits per heavy atom. The summed E-state index contributed by atoms with van der Waals surface area (Å²) in [7, 11) is 0. The predicted molar refractivity (Wildman–Crippen MR) is 95.2 cm³/mol. The lowest BCUT2D eigenvalue weighted by atomic mass is 10.1. The molecular formula is C19H19FN4O. The Morgan fingerprint density at radius 2 is 1.92 bits per heavy atom. The van der Waals surface area contributed by atoms with Gasteiger partial charge in [0, 0.05) is 23.5 Å². The van der Waals surface area contributed by atoms with Crippen LogP contribution in [0.3, 0.4) is 0 Å². The normalized spacial score (nSPS) is 20.6. The summed E-state index contributed by atoms with van der Waals surface area (Å²) in [6.07, 6.45) is 2.95. The Bertz CT molecular complexity index is 934. The van der Waals surface area contributed by atoms with E-state index in [0.717, 1.165) is 28.7 Å². The predicted octanol–water partition coefficient (Wildman–Crippen LogP) is 3.01. The molecule has 3 aromatic rings. The van der Waals surface area contributed by atoms with Crippen molar-refractivity contribution >= 4 is 22.5 Å². The molecule has 2 N–H and O–H groups in total. The topological polar surface area (TPSA) is 64.2 Å². The van der Waals surface area contributed by atoms with Crippen LogP contribution in [0.5, 0.6) is 0 Å². The van der Waals surface area contributed by atoms with Gasteiger partial charge in [-0.3, -0.25) is 4.79 Å². The van der Waals surface area contributed by atoms with E-state index in [4.69, 9.17) is 5.73 Å². The molecule has 5 nitrogen and oxygen atoms in total. The van der Waals surface area contributed by atoms with E-state index in [9.17, 15) is 9.18 Å². The molecule has 128 valence electrons. The lowest BCUT2D eigenvalue weighted by molar-refractivity contribution is -0.117. The van der Waals surface area contributed by atoms with E-state index in [-0.39, 0.29) is 23.8 Å². The first kappa shape index (κ1) is 15.8. The number of hydrogen-bond donors (Lipinski definition) is 1. The summed E-state index contributed by atoms with van der Waals surface area (Å²) < 4.78 is 14.9. The zero-order chi connectivity index (χ0) is 17.6. The Balaban J connectivity index is 1.75. The number of fused-ring (bicyclic) bond motifs is 1. The SMILES string of the molecule is CCC1[C@@H](N)CC(=O)N1c1ccc2c(cnn2-c2ccc(F)cc2)c1. The zero-order valence-electron chi connectivity index (χ0n) is 13.9. The van der Waals surface area contributed by atoms with Crippen molar-refractivity contribution in [1.29, 1.82) is 0 Å². The minimum Gasteiger partial charge on any atom is -0.325 e. The minimum absolute atomic E-state index is 0.0251. The van der Waals surface area contributed by atoms with Crippen molar-refractivity contribution in [2.75, 3.05) is 4.90 Å². The van der Waals surface area contributed by atoms with Gasteiger partial charge in [-0.1, -0.05) is 6.92 Å². The number of rotatable bonds is 3. The third-order valence-corrected chi connectivity index (χ3v) is 4.82. The Labute approximate surface area is 144 Å². The van der Waals surface area contributed by atoms with Crippen molar-refractivity contribution in [3.8, 4) is 5.69 Å². The maximum absolute atomic E-state index is 13.1. The Kier molecular flexibility index (Phi) is 3.77. The molecule has 1 aliphatic rings. The molecule has 4 rings (SSSR count). The molecule has 2 heterocycles. The van der Waals surface area contributed by atoms with Crippen molar-refractivity contribution in [2.45, 2.75) is 31.8 Å². The monoisotopic (exact) mass is 338 g/mol. The van der Waals surface area contributed by atoms with Gasteiger partial charge < -0.3 is 10.6 Å². The van der Waals surface area contributed by atoms with Crippen LogP contribution < -0.4 is 10.6 Å². The third-order valence-electron chi connectivity index (χ3n) is 4.82. The molecule has 2 aromatic carbocycles. The average Bonchev–Trinajstić information content (AvgIpc) is 3.15. The number of anilines is 1. The number of aromatic nitrogens is 2. The minimum atomic E-state index is -0.281. The summed E-state index contributed by atoms with van der Waals surface area (Å²) >= 11 is 0. The smallest absolute Gasteiger partial charge is 0.228 e. The molecule has 6 heteroatoms. The fourth-order valence-corrected chi connectivity index (χ4v) is 3.59. The van der Waals surface area contributed by atoms with Crippen molar-refractivity contribution in [1.82, 2.24) is 9.78 Å². The van der Waals surface area contributed by atoms with E-state index in [1.54, 1.807) is 27.9 Å². The van der Waals surface area contributed by atoms with E-state index in [0.29, 0.717) is 6.42 Å². The molecule has 0 spiro atoms. The lowest BCUT2D eigenvalue weighted by Gasteiger charge is -2.26. The zero-order valence-corrected chi connectivity index (χ0v) is 13.9. The van der Waals surface area contributed by atoms with E-state index in [2.05, 4.69) is 5.10 Å². The Hall–Kier alpha value is -2.73. The molecular weight excluding hydrogens is 319 g/mol. The second kappa shape index (κ2) is 5.97. The van der Waals surface area contributed by atoms with E-state index in [1.807, 2.05) is 25.1 Å². The molecule has 0 radical (unpaired) electrons. The van der Waals surface area contributed by atoms with Gasteiger partial charge >= 0.3 is 0 Å².